The Morgan fingerprint density at radius 2 is 1.88 bits per heavy atom. The molecule has 0 aromatic carbocycles. The summed E-state index contributed by atoms with van der Waals surface area (Å²) in [6, 6.07) is 7.09. The summed E-state index contributed by atoms with van der Waals surface area (Å²) >= 11 is -0.750. The van der Waals surface area contributed by atoms with Crippen molar-refractivity contribution in [2.45, 2.75) is 59.6 Å². The Bertz CT molecular complexity index is 1090. The van der Waals surface area contributed by atoms with E-state index in [0.29, 0.717) is 17.3 Å². The molecular formula is C22H27N5O5S. The molecule has 0 fully saturated rings. The number of nitrogens with one attached hydrogen (secondary N) is 1. The van der Waals surface area contributed by atoms with Gasteiger partial charge in [0.15, 0.2) is 5.69 Å². The van der Waals surface area contributed by atoms with Crippen LogP contribution < -0.4 is 10.1 Å². The monoisotopic (exact) mass is 473 g/mol. The van der Waals surface area contributed by atoms with Crippen LogP contribution >= 0.6 is 0 Å². The molecule has 0 saturated carbocycles. The fourth-order valence-corrected chi connectivity index (χ4v) is 3.12. The van der Waals surface area contributed by atoms with E-state index in [4.69, 9.17) is 17.7 Å². The number of rotatable bonds is 8. The molecule has 33 heavy (non-hydrogen) atoms. The van der Waals surface area contributed by atoms with Gasteiger partial charge in [0.05, 0.1) is 5.56 Å². The van der Waals surface area contributed by atoms with Crippen molar-refractivity contribution in [1.29, 1.82) is 0 Å². The first kappa shape index (κ1) is 25.8. The maximum atomic E-state index is 12.4. The third kappa shape index (κ3) is 7.56. The van der Waals surface area contributed by atoms with Crippen molar-refractivity contribution in [2.75, 3.05) is 0 Å². The fraction of sp³-hybridized carbons (Fsp3) is 0.409. The minimum atomic E-state index is -0.750. The number of carbonyl (C=O) groups excluding carboxylic acids is 1. The molecule has 0 aliphatic carbocycles. The number of pyridine rings is 1. The van der Waals surface area contributed by atoms with Crippen molar-refractivity contribution in [3.63, 3.8) is 0 Å². The lowest BCUT2D eigenvalue weighted by atomic mass is 9.99. The molecule has 0 spiro atoms. The van der Waals surface area contributed by atoms with Gasteiger partial charge in [-0.1, -0.05) is 18.5 Å². The molecule has 11 heteroatoms. The van der Waals surface area contributed by atoms with E-state index in [2.05, 4.69) is 32.6 Å². The van der Waals surface area contributed by atoms with Gasteiger partial charge < -0.3 is 14.6 Å². The third-order valence-corrected chi connectivity index (χ3v) is 4.73. The number of hydrogen-bond acceptors (Lipinski definition) is 9. The van der Waals surface area contributed by atoms with Gasteiger partial charge in [-0.25, -0.2) is 0 Å². The van der Waals surface area contributed by atoms with Gasteiger partial charge in [-0.2, -0.15) is 8.42 Å². The molecule has 0 bridgehead atoms. The average Bonchev–Trinajstić information content (AvgIpc) is 3.13. The van der Waals surface area contributed by atoms with Gasteiger partial charge >= 0.3 is 11.6 Å². The zero-order valence-electron chi connectivity index (χ0n) is 19.2. The molecule has 3 aromatic rings. The minimum absolute atomic E-state index is 0.211. The molecule has 0 aliphatic heterocycles. The van der Waals surface area contributed by atoms with Gasteiger partial charge in [0.25, 0.3) is 5.91 Å². The second-order valence-corrected chi connectivity index (χ2v) is 8.09. The van der Waals surface area contributed by atoms with Crippen molar-refractivity contribution < 1.29 is 22.5 Å². The number of nitrogens with zero attached hydrogens (tertiary/aromatic N) is 4. The van der Waals surface area contributed by atoms with E-state index >= 15 is 0 Å². The average molecular weight is 474 g/mol. The van der Waals surface area contributed by atoms with Crippen LogP contribution in [0.15, 0.2) is 35.0 Å². The van der Waals surface area contributed by atoms with Crippen LogP contribution in [0.4, 0.5) is 0 Å². The lowest BCUT2D eigenvalue weighted by Crippen LogP contribution is -2.43. The van der Waals surface area contributed by atoms with Gasteiger partial charge in [-0.3, -0.25) is 9.78 Å². The topological polar surface area (TPSA) is 137 Å². The normalized spacial score (nSPS) is 10.7. The first-order valence-electron chi connectivity index (χ1n) is 10.3. The Kier molecular flexibility index (Phi) is 9.34. The lowest BCUT2D eigenvalue weighted by Gasteiger charge is -2.25. The number of amides is 1. The molecule has 0 unspecified atom stereocenters. The largest absolute Gasteiger partial charge is 0.472 e. The van der Waals surface area contributed by atoms with Crippen molar-refractivity contribution in [3.05, 3.63) is 53.2 Å². The Morgan fingerprint density at radius 1 is 1.15 bits per heavy atom. The van der Waals surface area contributed by atoms with Gasteiger partial charge in [0, 0.05) is 29.1 Å². The lowest BCUT2D eigenvalue weighted by molar-refractivity contribution is 0.0902. The van der Waals surface area contributed by atoms with E-state index in [1.807, 2.05) is 39.8 Å². The molecule has 176 valence electrons. The molecule has 3 rings (SSSR count). The standard InChI is InChI=1S/C22H27N5O3.O2S/c1-6-11-22(4,5)24-21(28)18-9-10-19(26-25-18)29-13-17-15(3)30-27-20(17)16-8-7-14(2)23-12-16;1-3-2/h7-10,12H,6,11,13H2,1-5H3,(H,24,28);. The number of ether oxygens (including phenoxy) is 1. The van der Waals surface area contributed by atoms with Gasteiger partial charge in [-0.15, -0.1) is 10.2 Å². The van der Waals surface area contributed by atoms with E-state index in [1.54, 1.807) is 18.3 Å². The molecule has 0 atom stereocenters. The van der Waals surface area contributed by atoms with Crippen molar-refractivity contribution >= 4 is 17.5 Å². The molecule has 10 nitrogen and oxygen atoms in total. The SMILES string of the molecule is CCCC(C)(C)NC(=O)c1ccc(OCc2c(-c3ccc(C)nc3)noc2C)nn1.O=S=O. The maximum Gasteiger partial charge on any atom is 0.335 e. The Hall–Kier alpha value is -3.47. The Balaban J connectivity index is 0.00000122. The second-order valence-electron chi connectivity index (χ2n) is 7.96. The zero-order chi connectivity index (χ0) is 24.4. The smallest absolute Gasteiger partial charge is 0.335 e. The highest BCUT2D eigenvalue weighted by Crippen LogP contribution is 2.26. The Labute approximate surface area is 195 Å². The van der Waals surface area contributed by atoms with Crippen LogP contribution in [0.1, 0.15) is 61.1 Å². The van der Waals surface area contributed by atoms with Crippen molar-refractivity contribution in [1.82, 2.24) is 25.7 Å². The molecule has 1 N–H and O–H groups in total. The summed E-state index contributed by atoms with van der Waals surface area (Å²) in [4.78, 5) is 16.7. The molecule has 1 amide bonds. The first-order chi connectivity index (χ1) is 15.7. The molecule has 3 heterocycles. The van der Waals surface area contributed by atoms with Gasteiger partial charge in [0.2, 0.25) is 5.88 Å². The van der Waals surface area contributed by atoms with E-state index < -0.39 is 11.6 Å². The number of aryl methyl sites for hydroxylation is 2. The summed E-state index contributed by atoms with van der Waals surface area (Å²) in [6.45, 7) is 10.0. The van der Waals surface area contributed by atoms with Crippen LogP contribution in [0.5, 0.6) is 5.88 Å². The van der Waals surface area contributed by atoms with Crippen LogP contribution in [0.2, 0.25) is 0 Å². The first-order valence-corrected chi connectivity index (χ1v) is 11.0. The molecule has 0 radical (unpaired) electrons. The summed E-state index contributed by atoms with van der Waals surface area (Å²) in [5.74, 6) is 0.720. The highest BCUT2D eigenvalue weighted by atomic mass is 32.1. The summed E-state index contributed by atoms with van der Waals surface area (Å²) in [6.07, 6.45) is 3.61. The second kappa shape index (κ2) is 12.0. The molecule has 0 saturated heterocycles. The van der Waals surface area contributed by atoms with Crippen molar-refractivity contribution in [3.8, 4) is 17.1 Å². The van der Waals surface area contributed by atoms with E-state index in [9.17, 15) is 4.79 Å². The number of hydrogen-bond donors (Lipinski definition) is 1. The number of carbonyl (C=O) groups is 1. The predicted molar refractivity (Wildman–Crippen MR) is 121 cm³/mol. The highest BCUT2D eigenvalue weighted by Gasteiger charge is 2.21. The van der Waals surface area contributed by atoms with E-state index in [1.165, 1.54) is 0 Å². The summed E-state index contributed by atoms with van der Waals surface area (Å²) in [7, 11) is 0. The fourth-order valence-electron chi connectivity index (χ4n) is 3.12. The number of aromatic nitrogens is 4. The third-order valence-electron chi connectivity index (χ3n) is 4.73. The van der Waals surface area contributed by atoms with Crippen LogP contribution in [0.3, 0.4) is 0 Å². The Morgan fingerprint density at radius 3 is 2.45 bits per heavy atom. The van der Waals surface area contributed by atoms with Crippen molar-refractivity contribution in [2.24, 2.45) is 0 Å². The van der Waals surface area contributed by atoms with E-state index in [0.717, 1.165) is 29.7 Å². The molecule has 3 aromatic heterocycles. The molecule has 0 aliphatic rings. The summed E-state index contributed by atoms with van der Waals surface area (Å²) in [5.41, 5.74) is 3.22. The summed E-state index contributed by atoms with van der Waals surface area (Å²) < 4.78 is 27.7. The predicted octanol–water partition coefficient (Wildman–Crippen LogP) is 3.36. The quantitative estimate of drug-likeness (QED) is 0.522. The molecular weight excluding hydrogens is 446 g/mol. The highest BCUT2D eigenvalue weighted by molar-refractivity contribution is 7.51. The van der Waals surface area contributed by atoms with Gasteiger partial charge in [0.1, 0.15) is 18.1 Å². The van der Waals surface area contributed by atoms with E-state index in [-0.39, 0.29) is 23.7 Å². The van der Waals surface area contributed by atoms with Crippen LogP contribution in [-0.2, 0) is 18.2 Å². The summed E-state index contributed by atoms with van der Waals surface area (Å²) in [5, 5.41) is 15.1. The van der Waals surface area contributed by atoms with Crippen LogP contribution in [0.25, 0.3) is 11.3 Å². The maximum absolute atomic E-state index is 12.4. The zero-order valence-corrected chi connectivity index (χ0v) is 20.1. The van der Waals surface area contributed by atoms with Crippen LogP contribution in [0, 0.1) is 13.8 Å². The van der Waals surface area contributed by atoms with Gasteiger partial charge in [-0.05, 0) is 52.3 Å². The van der Waals surface area contributed by atoms with Crippen LogP contribution in [-0.4, -0.2) is 40.2 Å². The minimum Gasteiger partial charge on any atom is -0.472 e.